The van der Waals surface area contributed by atoms with Crippen LogP contribution in [-0.2, 0) is 17.8 Å². The Hall–Kier alpha value is -3.20. The van der Waals surface area contributed by atoms with Crippen LogP contribution >= 0.6 is 0 Å². The van der Waals surface area contributed by atoms with Gasteiger partial charge in [-0.15, -0.1) is 0 Å². The summed E-state index contributed by atoms with van der Waals surface area (Å²) in [5.41, 5.74) is 0.394. The molecular formula is C24H33N3O6. The van der Waals surface area contributed by atoms with E-state index in [9.17, 15) is 14.7 Å². The number of pyridine rings is 1. The standard InChI is InChI=1S/C24H33N3O6/c1-24(2,3)33-23(30)26-10-8-25(9-11-26)16-18-6-7-27(22(29)21(18)28)15-17-12-19(31-4)14-20(13-17)32-5/h6-7,12-14,28H,8-11,15-16H2,1-5H3. The molecule has 1 aromatic heterocycles. The molecule has 1 amide bonds. The Morgan fingerprint density at radius 3 is 2.15 bits per heavy atom. The third-order valence-electron chi connectivity index (χ3n) is 5.41. The third-order valence-corrected chi connectivity index (χ3v) is 5.41. The molecular weight excluding hydrogens is 426 g/mol. The molecule has 1 aliphatic rings. The second-order valence-corrected chi connectivity index (χ2v) is 9.09. The Kier molecular flexibility index (Phi) is 7.53. The Labute approximate surface area is 194 Å². The number of hydrogen-bond donors (Lipinski definition) is 1. The quantitative estimate of drug-likeness (QED) is 0.710. The number of hydrogen-bond acceptors (Lipinski definition) is 7. The lowest BCUT2D eigenvalue weighted by Crippen LogP contribution is -2.49. The van der Waals surface area contributed by atoms with Gasteiger partial charge in [-0.2, -0.15) is 0 Å². The van der Waals surface area contributed by atoms with Crippen LogP contribution in [0, 0.1) is 0 Å². The highest BCUT2D eigenvalue weighted by Gasteiger charge is 2.26. The van der Waals surface area contributed by atoms with Gasteiger partial charge < -0.3 is 28.8 Å². The zero-order chi connectivity index (χ0) is 24.2. The van der Waals surface area contributed by atoms with Crippen molar-refractivity contribution in [1.82, 2.24) is 14.4 Å². The highest BCUT2D eigenvalue weighted by Crippen LogP contribution is 2.23. The molecule has 0 aliphatic carbocycles. The molecule has 0 atom stereocenters. The second kappa shape index (κ2) is 10.2. The van der Waals surface area contributed by atoms with E-state index in [1.807, 2.05) is 32.9 Å². The number of amides is 1. The molecule has 9 nitrogen and oxygen atoms in total. The van der Waals surface area contributed by atoms with Gasteiger partial charge in [0.05, 0.1) is 20.8 Å². The first-order valence-corrected chi connectivity index (χ1v) is 10.9. The maximum Gasteiger partial charge on any atom is 0.410 e. The molecule has 1 aliphatic heterocycles. The summed E-state index contributed by atoms with van der Waals surface area (Å²) in [5, 5.41) is 10.6. The van der Waals surface area contributed by atoms with Crippen molar-refractivity contribution in [3.8, 4) is 17.2 Å². The van der Waals surface area contributed by atoms with Gasteiger partial charge in [-0.3, -0.25) is 9.69 Å². The Morgan fingerprint density at radius 2 is 1.61 bits per heavy atom. The Bertz CT molecular complexity index is 1010. The van der Waals surface area contributed by atoms with Crippen molar-refractivity contribution in [1.29, 1.82) is 0 Å². The summed E-state index contributed by atoms with van der Waals surface area (Å²) >= 11 is 0. The van der Waals surface area contributed by atoms with E-state index < -0.39 is 11.2 Å². The van der Waals surface area contributed by atoms with E-state index in [0.29, 0.717) is 49.8 Å². The van der Waals surface area contributed by atoms with E-state index in [4.69, 9.17) is 14.2 Å². The van der Waals surface area contributed by atoms with Gasteiger partial charge in [-0.1, -0.05) is 0 Å². The van der Waals surface area contributed by atoms with Crippen LogP contribution < -0.4 is 15.0 Å². The fourth-order valence-corrected chi connectivity index (χ4v) is 3.66. The van der Waals surface area contributed by atoms with Crippen LogP contribution in [-0.4, -0.2) is 71.6 Å². The van der Waals surface area contributed by atoms with E-state index in [-0.39, 0.29) is 18.4 Å². The van der Waals surface area contributed by atoms with Crippen LogP contribution in [0.2, 0.25) is 0 Å². The van der Waals surface area contributed by atoms with E-state index in [2.05, 4.69) is 4.90 Å². The van der Waals surface area contributed by atoms with Gasteiger partial charge in [0.25, 0.3) is 5.56 Å². The van der Waals surface area contributed by atoms with Crippen LogP contribution in [0.15, 0.2) is 35.3 Å². The number of ether oxygens (including phenoxy) is 3. The summed E-state index contributed by atoms with van der Waals surface area (Å²) in [6.07, 6.45) is 1.36. The lowest BCUT2D eigenvalue weighted by Gasteiger charge is -2.35. The lowest BCUT2D eigenvalue weighted by atomic mass is 10.1. The van der Waals surface area contributed by atoms with Crippen LogP contribution in [0.1, 0.15) is 31.9 Å². The average molecular weight is 460 g/mol. The van der Waals surface area contributed by atoms with Gasteiger partial charge in [0.1, 0.15) is 17.1 Å². The average Bonchev–Trinajstić information content (AvgIpc) is 2.77. The maximum atomic E-state index is 12.8. The smallest absolute Gasteiger partial charge is 0.410 e. The van der Waals surface area contributed by atoms with Crippen LogP contribution in [0.3, 0.4) is 0 Å². The van der Waals surface area contributed by atoms with Crippen LogP contribution in [0.25, 0.3) is 0 Å². The van der Waals surface area contributed by atoms with Crippen LogP contribution in [0.4, 0.5) is 4.79 Å². The molecule has 0 saturated carbocycles. The van der Waals surface area contributed by atoms with Gasteiger partial charge in [0.15, 0.2) is 5.75 Å². The Morgan fingerprint density at radius 1 is 1.00 bits per heavy atom. The topological polar surface area (TPSA) is 93.5 Å². The number of methoxy groups -OCH3 is 2. The predicted octanol–water partition coefficient (Wildman–Crippen LogP) is 2.67. The van der Waals surface area contributed by atoms with Crippen molar-refractivity contribution < 1.29 is 24.1 Å². The zero-order valence-corrected chi connectivity index (χ0v) is 20.0. The van der Waals surface area contributed by atoms with E-state index in [1.54, 1.807) is 37.4 Å². The molecule has 2 heterocycles. The number of benzene rings is 1. The van der Waals surface area contributed by atoms with Gasteiger partial charge >= 0.3 is 6.09 Å². The van der Waals surface area contributed by atoms with Crippen molar-refractivity contribution in [2.45, 2.75) is 39.5 Å². The first kappa shape index (κ1) is 24.4. The molecule has 3 rings (SSSR count). The maximum absolute atomic E-state index is 12.8. The number of nitrogens with zero attached hydrogens (tertiary/aromatic N) is 3. The fraction of sp³-hybridized carbons (Fsp3) is 0.500. The number of aromatic hydroxyl groups is 1. The van der Waals surface area contributed by atoms with E-state index in [1.165, 1.54) is 4.57 Å². The molecule has 9 heteroatoms. The highest BCUT2D eigenvalue weighted by molar-refractivity contribution is 5.68. The monoisotopic (exact) mass is 459 g/mol. The first-order chi connectivity index (χ1) is 15.6. The molecule has 180 valence electrons. The molecule has 0 bridgehead atoms. The number of carbonyl (C=O) groups excluding carboxylic acids is 1. The van der Waals surface area contributed by atoms with Gasteiger partial charge in [0, 0.05) is 50.6 Å². The summed E-state index contributed by atoms with van der Waals surface area (Å²) in [6.45, 7) is 8.56. The fourth-order valence-electron chi connectivity index (χ4n) is 3.66. The Balaban J connectivity index is 1.65. The summed E-state index contributed by atoms with van der Waals surface area (Å²) < 4.78 is 17.4. The normalized spacial score (nSPS) is 14.8. The summed E-state index contributed by atoms with van der Waals surface area (Å²) in [6, 6.07) is 7.16. The molecule has 1 saturated heterocycles. The second-order valence-electron chi connectivity index (χ2n) is 9.09. The molecule has 0 spiro atoms. The summed E-state index contributed by atoms with van der Waals surface area (Å²) in [5.74, 6) is 0.995. The van der Waals surface area contributed by atoms with Crippen molar-refractivity contribution in [2.24, 2.45) is 0 Å². The molecule has 1 aromatic carbocycles. The van der Waals surface area contributed by atoms with Gasteiger partial charge in [-0.05, 0) is 44.5 Å². The minimum absolute atomic E-state index is 0.262. The van der Waals surface area contributed by atoms with Crippen molar-refractivity contribution in [2.75, 3.05) is 40.4 Å². The minimum Gasteiger partial charge on any atom is -0.503 e. The number of piperazine rings is 1. The number of carbonyl (C=O) groups is 1. The van der Waals surface area contributed by atoms with E-state index in [0.717, 1.165) is 5.56 Å². The highest BCUT2D eigenvalue weighted by atomic mass is 16.6. The van der Waals surface area contributed by atoms with Crippen LogP contribution in [0.5, 0.6) is 17.2 Å². The minimum atomic E-state index is -0.528. The van der Waals surface area contributed by atoms with E-state index >= 15 is 0 Å². The predicted molar refractivity (Wildman–Crippen MR) is 124 cm³/mol. The van der Waals surface area contributed by atoms with Crippen molar-refractivity contribution in [3.05, 3.63) is 51.9 Å². The molecule has 1 fully saturated rings. The largest absolute Gasteiger partial charge is 0.503 e. The first-order valence-electron chi connectivity index (χ1n) is 10.9. The molecule has 1 N–H and O–H groups in total. The van der Waals surface area contributed by atoms with Gasteiger partial charge in [-0.25, -0.2) is 4.79 Å². The third kappa shape index (κ3) is 6.41. The molecule has 0 unspecified atom stereocenters. The lowest BCUT2D eigenvalue weighted by molar-refractivity contribution is 0.0138. The number of aromatic nitrogens is 1. The molecule has 2 aromatic rings. The number of rotatable bonds is 6. The summed E-state index contributed by atoms with van der Waals surface area (Å²) in [4.78, 5) is 28.8. The molecule has 33 heavy (non-hydrogen) atoms. The van der Waals surface area contributed by atoms with Crippen molar-refractivity contribution in [3.63, 3.8) is 0 Å². The summed E-state index contributed by atoms with van der Waals surface area (Å²) in [7, 11) is 3.14. The molecule has 0 radical (unpaired) electrons. The zero-order valence-electron chi connectivity index (χ0n) is 20.0. The van der Waals surface area contributed by atoms with Crippen molar-refractivity contribution >= 4 is 6.09 Å². The van der Waals surface area contributed by atoms with Gasteiger partial charge in [0.2, 0.25) is 0 Å². The SMILES string of the molecule is COc1cc(Cn2ccc(CN3CCN(C(=O)OC(C)(C)C)CC3)c(O)c2=O)cc(OC)c1.